The Morgan fingerprint density at radius 3 is 2.18 bits per heavy atom. The van der Waals surface area contributed by atoms with Gasteiger partial charge in [-0.25, -0.2) is 13.6 Å². The third-order valence-corrected chi connectivity index (χ3v) is 5.83. The van der Waals surface area contributed by atoms with Crippen molar-refractivity contribution in [3.8, 4) is 11.1 Å². The van der Waals surface area contributed by atoms with Crippen LogP contribution >= 0.6 is 0 Å². The molecule has 1 N–H and O–H groups in total. The first-order valence-electron chi connectivity index (χ1n) is 12.3. The Bertz CT molecular complexity index is 1520. The molecule has 4 rings (SSSR count). The topological polar surface area (TPSA) is 60.9 Å². The number of hydrogen-bond acceptors (Lipinski definition) is 3. The van der Waals surface area contributed by atoms with E-state index in [-0.39, 0.29) is 22.4 Å². The van der Waals surface area contributed by atoms with Gasteiger partial charge in [0.2, 0.25) is 0 Å². The number of carbonyl (C=O) groups excluding carboxylic acids is 1. The molecule has 0 fully saturated rings. The Labute approximate surface area is 221 Å². The molecule has 0 saturated carbocycles. The maximum Gasteiger partial charge on any atom is 0.328 e. The second-order valence-corrected chi connectivity index (χ2v) is 8.76. The molecule has 0 aliphatic carbocycles. The smallest absolute Gasteiger partial charge is 0.328 e. The number of halogens is 2. The van der Waals surface area contributed by atoms with E-state index in [1.165, 1.54) is 24.3 Å². The molecule has 7 heteroatoms. The van der Waals surface area contributed by atoms with Gasteiger partial charge in [0.1, 0.15) is 11.6 Å². The number of carbonyl (C=O) groups is 2. The predicted molar refractivity (Wildman–Crippen MR) is 146 cm³/mol. The maximum absolute atomic E-state index is 15.5. The molecule has 0 aliphatic rings. The van der Waals surface area contributed by atoms with Crippen LogP contribution in [0.5, 0.6) is 0 Å². The van der Waals surface area contributed by atoms with E-state index in [9.17, 15) is 14.0 Å². The van der Waals surface area contributed by atoms with Gasteiger partial charge in [-0.05, 0) is 71.3 Å². The van der Waals surface area contributed by atoms with Crippen LogP contribution in [0.25, 0.3) is 17.2 Å². The Kier molecular flexibility index (Phi) is 7.54. The molecule has 0 aliphatic heterocycles. The van der Waals surface area contributed by atoms with Crippen molar-refractivity contribution in [1.82, 2.24) is 0 Å². The molecule has 0 spiro atoms. The van der Waals surface area contributed by atoms with Crippen LogP contribution in [-0.4, -0.2) is 31.1 Å². The van der Waals surface area contributed by atoms with Gasteiger partial charge >= 0.3 is 5.97 Å². The van der Waals surface area contributed by atoms with Crippen molar-refractivity contribution >= 4 is 29.3 Å². The Morgan fingerprint density at radius 1 is 0.868 bits per heavy atom. The Hall–Kier alpha value is -4.78. The van der Waals surface area contributed by atoms with Gasteiger partial charge < -0.3 is 14.9 Å². The minimum Gasteiger partial charge on any atom is -0.478 e. The third-order valence-electron chi connectivity index (χ3n) is 5.83. The van der Waals surface area contributed by atoms with Gasteiger partial charge in [-0.1, -0.05) is 42.5 Å². The van der Waals surface area contributed by atoms with Crippen LogP contribution in [0.15, 0.2) is 97.1 Å². The van der Waals surface area contributed by atoms with Gasteiger partial charge in [-0.3, -0.25) is 4.79 Å². The molecule has 1 amide bonds. The lowest BCUT2D eigenvalue weighted by molar-refractivity contribution is -0.131. The first-order valence-corrected chi connectivity index (χ1v) is 11.7. The van der Waals surface area contributed by atoms with Crippen molar-refractivity contribution in [1.29, 1.82) is 0 Å². The molecule has 4 aromatic rings. The van der Waals surface area contributed by atoms with E-state index in [0.717, 1.165) is 34.4 Å². The normalized spacial score (nSPS) is 12.2. The summed E-state index contributed by atoms with van der Waals surface area (Å²) in [7, 11) is 3.84. The zero-order valence-corrected chi connectivity index (χ0v) is 20.8. The van der Waals surface area contributed by atoms with Gasteiger partial charge in [0, 0.05) is 42.7 Å². The van der Waals surface area contributed by atoms with Crippen LogP contribution in [0.2, 0.25) is 0 Å². The number of benzene rings is 4. The number of rotatable bonds is 8. The monoisotopic (exact) mass is 513 g/mol. The fraction of sp³-hybridized carbons (Fsp3) is 0.0968. The minimum absolute atomic E-state index is 0.0170. The van der Waals surface area contributed by atoms with Gasteiger partial charge in [0.05, 0.1) is 7.89 Å². The summed E-state index contributed by atoms with van der Waals surface area (Å²) in [6, 6.07) is 23.6. The fourth-order valence-electron chi connectivity index (χ4n) is 3.87. The van der Waals surface area contributed by atoms with Crippen molar-refractivity contribution in [2.75, 3.05) is 23.9 Å². The third kappa shape index (κ3) is 6.31. The summed E-state index contributed by atoms with van der Waals surface area (Å²) in [6.45, 7) is -1.57. The summed E-state index contributed by atoms with van der Waals surface area (Å²) >= 11 is 0. The number of carboxylic acid groups (broad SMARTS) is 1. The average Bonchev–Trinajstić information content (AvgIpc) is 2.92. The maximum atomic E-state index is 15.5. The molecule has 1 unspecified atom stereocenters. The molecule has 0 radical (unpaired) electrons. The molecule has 38 heavy (non-hydrogen) atoms. The summed E-state index contributed by atoms with van der Waals surface area (Å²) in [5, 5.41) is 8.95. The van der Waals surface area contributed by atoms with Crippen LogP contribution in [0.4, 0.5) is 20.2 Å². The molecule has 192 valence electrons. The van der Waals surface area contributed by atoms with E-state index in [0.29, 0.717) is 5.56 Å². The largest absolute Gasteiger partial charge is 0.478 e. The summed E-state index contributed by atoms with van der Waals surface area (Å²) in [5.74, 6) is -3.31. The highest BCUT2D eigenvalue weighted by molar-refractivity contribution is 6.06. The molecule has 0 aromatic heterocycles. The number of carboxylic acids is 1. The molecular formula is C31H26F2N2O3. The SMILES string of the molecule is [2H]C(c1ccc(-c2ccc(N(C)C)cc2)cc1F)N(C(=O)c1ccccc1)c1cc(F)cc(/C=C/C(=O)O)c1. The Balaban J connectivity index is 1.76. The zero-order valence-electron chi connectivity index (χ0n) is 21.8. The lowest BCUT2D eigenvalue weighted by Crippen LogP contribution is -2.31. The van der Waals surface area contributed by atoms with Crippen molar-refractivity contribution < 1.29 is 24.8 Å². The lowest BCUT2D eigenvalue weighted by atomic mass is 10.0. The van der Waals surface area contributed by atoms with Crippen molar-refractivity contribution in [3.05, 3.63) is 125 Å². The number of nitrogens with zero attached hydrogens (tertiary/aromatic N) is 2. The first-order chi connectivity index (χ1) is 18.6. The minimum atomic E-state index is -1.57. The quantitative estimate of drug-likeness (QED) is 0.268. The molecule has 0 bridgehead atoms. The molecule has 0 heterocycles. The number of aliphatic carboxylic acids is 1. The highest BCUT2D eigenvalue weighted by Crippen LogP contribution is 2.28. The van der Waals surface area contributed by atoms with E-state index in [4.69, 9.17) is 6.48 Å². The predicted octanol–water partition coefficient (Wildman–Crippen LogP) is 6.64. The summed E-state index contributed by atoms with van der Waals surface area (Å²) < 4.78 is 39.0. The van der Waals surface area contributed by atoms with Crippen LogP contribution in [-0.2, 0) is 11.3 Å². The number of hydrogen-bond donors (Lipinski definition) is 1. The highest BCUT2D eigenvalue weighted by atomic mass is 19.1. The van der Waals surface area contributed by atoms with Crippen molar-refractivity contribution in [2.45, 2.75) is 6.52 Å². The number of amides is 1. The van der Waals surface area contributed by atoms with E-state index < -0.39 is 30.0 Å². The van der Waals surface area contributed by atoms with Crippen LogP contribution in [0.1, 0.15) is 22.9 Å². The van der Waals surface area contributed by atoms with Crippen LogP contribution in [0, 0.1) is 11.6 Å². The van der Waals surface area contributed by atoms with E-state index in [1.54, 1.807) is 36.4 Å². The summed E-state index contributed by atoms with van der Waals surface area (Å²) in [6.07, 6.45) is 2.01. The molecular weight excluding hydrogens is 486 g/mol. The van der Waals surface area contributed by atoms with Gasteiger partial charge in [0.15, 0.2) is 0 Å². The molecule has 0 saturated heterocycles. The summed E-state index contributed by atoms with van der Waals surface area (Å²) in [5.41, 5.74) is 2.66. The highest BCUT2D eigenvalue weighted by Gasteiger charge is 2.21. The van der Waals surface area contributed by atoms with E-state index in [2.05, 4.69) is 0 Å². The lowest BCUT2D eigenvalue weighted by Gasteiger charge is -2.24. The van der Waals surface area contributed by atoms with E-state index >= 15 is 4.39 Å². The van der Waals surface area contributed by atoms with Crippen LogP contribution < -0.4 is 9.80 Å². The van der Waals surface area contributed by atoms with Crippen LogP contribution in [0.3, 0.4) is 0 Å². The standard InChI is InChI=1S/C31H26F2N2O3/c1-34(2)27-13-11-22(12-14-27)24-9-10-25(29(33)18-24)20-35(31(38)23-6-4-3-5-7-23)28-17-21(8-15-30(36)37)16-26(32)19-28/h3-19H,20H2,1-2H3,(H,36,37)/b15-8+/i20D. The second-order valence-electron chi connectivity index (χ2n) is 8.76. The zero-order chi connectivity index (χ0) is 28.1. The van der Waals surface area contributed by atoms with E-state index in [1.807, 2.05) is 43.3 Å². The van der Waals surface area contributed by atoms with Gasteiger partial charge in [0.25, 0.3) is 5.91 Å². The Morgan fingerprint density at radius 2 is 1.55 bits per heavy atom. The molecule has 4 aromatic carbocycles. The molecule has 1 atom stereocenters. The van der Waals surface area contributed by atoms with Gasteiger partial charge in [-0.2, -0.15) is 0 Å². The van der Waals surface area contributed by atoms with Gasteiger partial charge in [-0.15, -0.1) is 0 Å². The fourth-order valence-corrected chi connectivity index (χ4v) is 3.87. The van der Waals surface area contributed by atoms with Crippen molar-refractivity contribution in [3.63, 3.8) is 0 Å². The number of anilines is 2. The first kappa shape index (κ1) is 24.9. The average molecular weight is 514 g/mol. The second kappa shape index (κ2) is 11.5. The molecule has 5 nitrogen and oxygen atoms in total. The van der Waals surface area contributed by atoms with Crippen molar-refractivity contribution in [2.24, 2.45) is 0 Å². The summed E-state index contributed by atoms with van der Waals surface area (Å²) in [4.78, 5) is 27.5.